The molecule has 3 rings (SSSR count). The van der Waals surface area contributed by atoms with Crippen LogP contribution in [0.5, 0.6) is 0 Å². The molecule has 5 nitrogen and oxygen atoms in total. The highest BCUT2D eigenvalue weighted by Crippen LogP contribution is 2.27. The van der Waals surface area contributed by atoms with Crippen molar-refractivity contribution in [2.75, 3.05) is 0 Å². The second-order valence-electron chi connectivity index (χ2n) is 4.34. The molecule has 0 aliphatic rings. The summed E-state index contributed by atoms with van der Waals surface area (Å²) in [6.07, 6.45) is 0. The number of nitrogens with one attached hydrogen (secondary N) is 1. The summed E-state index contributed by atoms with van der Waals surface area (Å²) in [6, 6.07) is 16.2. The van der Waals surface area contributed by atoms with Gasteiger partial charge < -0.3 is 14.8 Å². The summed E-state index contributed by atoms with van der Waals surface area (Å²) in [7, 11) is -2.12. The predicted molar refractivity (Wildman–Crippen MR) is 86.0 cm³/mol. The van der Waals surface area contributed by atoms with Crippen LogP contribution in [-0.4, -0.2) is 14.8 Å². The van der Waals surface area contributed by atoms with Gasteiger partial charge in [-0.2, -0.15) is 5.26 Å². The second kappa shape index (κ2) is 6.49. The molecule has 5 N–H and O–H groups in total. The zero-order valence-corrected chi connectivity index (χ0v) is 12.0. The standard InChI is InChI=1S/C15H10N2.H4NO2P/c1-10(9-16)11-6-7-15-13(8-11)12-4-2-3-5-14(12)17-15;1-4(2)3/h2-8,17H,1H2;2-3H,1H2. The number of hydrogen-bond donors (Lipinski definition) is 4. The molecule has 0 amide bonds. The van der Waals surface area contributed by atoms with E-state index in [0.29, 0.717) is 5.57 Å². The van der Waals surface area contributed by atoms with Gasteiger partial charge in [0.2, 0.25) is 8.53 Å². The number of aromatic amines is 1. The predicted octanol–water partition coefficient (Wildman–Crippen LogP) is 3.01. The number of nitrogens with zero attached hydrogens (tertiary/aromatic N) is 1. The number of aromatic nitrogens is 1. The van der Waals surface area contributed by atoms with Crippen LogP contribution in [0.1, 0.15) is 5.56 Å². The molecule has 0 saturated heterocycles. The van der Waals surface area contributed by atoms with Crippen molar-refractivity contribution in [2.45, 2.75) is 0 Å². The fraction of sp³-hybridized carbons (Fsp3) is 0. The normalized spacial score (nSPS) is 10.2. The zero-order chi connectivity index (χ0) is 15.4. The molecule has 21 heavy (non-hydrogen) atoms. The minimum atomic E-state index is -2.12. The monoisotopic (exact) mass is 299 g/mol. The van der Waals surface area contributed by atoms with Crippen molar-refractivity contribution in [3.8, 4) is 6.07 Å². The van der Waals surface area contributed by atoms with Crippen molar-refractivity contribution in [3.63, 3.8) is 0 Å². The smallest absolute Gasteiger partial charge is 0.247 e. The molecule has 1 aromatic heterocycles. The van der Waals surface area contributed by atoms with Crippen LogP contribution in [0.25, 0.3) is 27.4 Å². The molecule has 6 heteroatoms. The summed E-state index contributed by atoms with van der Waals surface area (Å²) in [5.74, 6) is 0. The Morgan fingerprint density at radius 2 is 1.76 bits per heavy atom. The highest BCUT2D eigenvalue weighted by Gasteiger charge is 2.05. The molecule has 0 atom stereocenters. The minimum Gasteiger partial charge on any atom is -0.355 e. The fourth-order valence-corrected chi connectivity index (χ4v) is 2.10. The lowest BCUT2D eigenvalue weighted by Crippen LogP contribution is -1.78. The van der Waals surface area contributed by atoms with Crippen LogP contribution < -0.4 is 5.50 Å². The van der Waals surface area contributed by atoms with E-state index in [1.165, 1.54) is 5.39 Å². The quantitative estimate of drug-likeness (QED) is 0.409. The van der Waals surface area contributed by atoms with Crippen LogP contribution in [-0.2, 0) is 0 Å². The van der Waals surface area contributed by atoms with E-state index in [9.17, 15) is 0 Å². The molecule has 0 fully saturated rings. The molecule has 0 spiro atoms. The van der Waals surface area contributed by atoms with E-state index in [4.69, 9.17) is 15.0 Å². The highest BCUT2D eigenvalue weighted by molar-refractivity contribution is 7.42. The van der Waals surface area contributed by atoms with Gasteiger partial charge in [-0.15, -0.1) is 0 Å². The summed E-state index contributed by atoms with van der Waals surface area (Å²) in [5.41, 5.74) is 7.86. The van der Waals surface area contributed by atoms with Crippen molar-refractivity contribution in [1.29, 1.82) is 5.26 Å². The maximum atomic E-state index is 8.87. The van der Waals surface area contributed by atoms with Crippen molar-refractivity contribution in [3.05, 3.63) is 54.6 Å². The van der Waals surface area contributed by atoms with Gasteiger partial charge in [-0.1, -0.05) is 30.8 Å². The summed E-state index contributed by atoms with van der Waals surface area (Å²) in [4.78, 5) is 18.3. The third kappa shape index (κ3) is 3.46. The molecule has 0 radical (unpaired) electrons. The van der Waals surface area contributed by atoms with Crippen molar-refractivity contribution in [1.82, 2.24) is 4.98 Å². The Bertz CT molecular complexity index is 831. The van der Waals surface area contributed by atoms with Crippen LogP contribution in [0.4, 0.5) is 0 Å². The lowest BCUT2D eigenvalue weighted by molar-refractivity contribution is 0.485. The maximum absolute atomic E-state index is 8.87. The van der Waals surface area contributed by atoms with Gasteiger partial charge in [0.15, 0.2) is 0 Å². The average molecular weight is 299 g/mol. The first-order chi connectivity index (χ1) is 10.0. The van der Waals surface area contributed by atoms with Gasteiger partial charge in [0.1, 0.15) is 0 Å². The van der Waals surface area contributed by atoms with Gasteiger partial charge in [-0.25, -0.2) is 0 Å². The van der Waals surface area contributed by atoms with Crippen LogP contribution in [0.15, 0.2) is 49.0 Å². The molecule has 0 aliphatic carbocycles. The second-order valence-corrected chi connectivity index (χ2v) is 4.98. The van der Waals surface area contributed by atoms with E-state index in [1.54, 1.807) is 0 Å². The van der Waals surface area contributed by atoms with Crippen molar-refractivity contribution < 1.29 is 9.79 Å². The lowest BCUT2D eigenvalue weighted by Gasteiger charge is -1.97. The van der Waals surface area contributed by atoms with Gasteiger partial charge in [0.25, 0.3) is 0 Å². The Labute approximate surface area is 122 Å². The molecule has 1 heterocycles. The molecule has 106 valence electrons. The van der Waals surface area contributed by atoms with Crippen LogP contribution in [0, 0.1) is 11.3 Å². The van der Waals surface area contributed by atoms with Gasteiger partial charge in [-0.05, 0) is 23.8 Å². The van der Waals surface area contributed by atoms with Crippen LogP contribution >= 0.6 is 8.53 Å². The van der Waals surface area contributed by atoms with Crippen molar-refractivity contribution >= 4 is 35.9 Å². The first-order valence-electron chi connectivity index (χ1n) is 6.05. The third-order valence-electron chi connectivity index (χ3n) is 2.99. The summed E-state index contributed by atoms with van der Waals surface area (Å²) < 4.78 is 0. The number of rotatable bonds is 1. The van der Waals surface area contributed by atoms with E-state index in [2.05, 4.69) is 29.2 Å². The summed E-state index contributed by atoms with van der Waals surface area (Å²) >= 11 is 0. The van der Waals surface area contributed by atoms with E-state index in [-0.39, 0.29) is 0 Å². The van der Waals surface area contributed by atoms with Crippen molar-refractivity contribution in [2.24, 2.45) is 5.50 Å². The number of fused-ring (bicyclic) bond motifs is 3. The molecule has 0 bridgehead atoms. The van der Waals surface area contributed by atoms with E-state index < -0.39 is 8.53 Å². The zero-order valence-electron chi connectivity index (χ0n) is 11.1. The highest BCUT2D eigenvalue weighted by atomic mass is 31.2. The number of allylic oxidation sites excluding steroid dienone is 1. The molecule has 0 saturated carbocycles. The largest absolute Gasteiger partial charge is 0.355 e. The topological polar surface area (TPSA) is 106 Å². The van der Waals surface area contributed by atoms with Gasteiger partial charge >= 0.3 is 0 Å². The maximum Gasteiger partial charge on any atom is 0.247 e. The molecule has 0 unspecified atom stereocenters. The Morgan fingerprint density at radius 1 is 1.14 bits per heavy atom. The molecule has 0 aliphatic heterocycles. The number of nitrogens with two attached hydrogens (primary N) is 1. The Kier molecular flexibility index (Phi) is 4.69. The number of H-pyrrole nitrogens is 1. The Morgan fingerprint density at radius 3 is 2.43 bits per heavy atom. The molecule has 3 aromatic rings. The number of nitriles is 1. The SMILES string of the molecule is C=C(C#N)c1ccc2[nH]c3ccccc3c2c1.NP(O)O. The summed E-state index contributed by atoms with van der Waals surface area (Å²) in [5, 5.41) is 11.2. The molecular formula is C15H14N3O2P. The molecular weight excluding hydrogens is 285 g/mol. The number of benzene rings is 2. The van der Waals surface area contributed by atoms with E-state index >= 15 is 0 Å². The van der Waals surface area contributed by atoms with Gasteiger partial charge in [-0.3, -0.25) is 5.50 Å². The van der Waals surface area contributed by atoms with Gasteiger partial charge in [0, 0.05) is 21.8 Å². The van der Waals surface area contributed by atoms with E-state index in [1.807, 2.05) is 36.4 Å². The minimum absolute atomic E-state index is 0.497. The Balaban J connectivity index is 0.000000361. The summed E-state index contributed by atoms with van der Waals surface area (Å²) in [6.45, 7) is 3.74. The third-order valence-corrected chi connectivity index (χ3v) is 2.99. The van der Waals surface area contributed by atoms with E-state index in [0.717, 1.165) is 22.0 Å². The molecule has 2 aromatic carbocycles. The van der Waals surface area contributed by atoms with Crippen LogP contribution in [0.3, 0.4) is 0 Å². The lowest BCUT2D eigenvalue weighted by atomic mass is 10.0. The first kappa shape index (κ1) is 15.2. The van der Waals surface area contributed by atoms with Crippen LogP contribution in [0.2, 0.25) is 0 Å². The first-order valence-corrected chi connectivity index (χ1v) is 7.37. The van der Waals surface area contributed by atoms with Gasteiger partial charge in [0.05, 0.1) is 11.6 Å². The Hall–Kier alpha value is -2.22. The fourth-order valence-electron chi connectivity index (χ4n) is 2.10. The number of hydrogen-bond acceptors (Lipinski definition) is 4. The number of para-hydroxylation sites is 1. The average Bonchev–Trinajstić information content (AvgIpc) is 2.83.